The van der Waals surface area contributed by atoms with Crippen LogP contribution < -0.4 is 10.5 Å². The molecule has 0 spiro atoms. The number of carbonyl (C=O) groups excluding carboxylic acids is 1. The molecule has 1 saturated carbocycles. The second-order valence-corrected chi connectivity index (χ2v) is 5.60. The first-order valence-corrected chi connectivity index (χ1v) is 6.39. The van der Waals surface area contributed by atoms with Crippen molar-refractivity contribution in [3.8, 4) is 0 Å². The second kappa shape index (κ2) is 3.86. The zero-order valence-corrected chi connectivity index (χ0v) is 9.06. The van der Waals surface area contributed by atoms with Gasteiger partial charge in [0, 0.05) is 0 Å². The van der Waals surface area contributed by atoms with Crippen molar-refractivity contribution in [3.05, 3.63) is 0 Å². The smallest absolute Gasteiger partial charge is 0.253 e. The summed E-state index contributed by atoms with van der Waals surface area (Å²) >= 11 is 0. The molecule has 82 valence electrons. The predicted molar refractivity (Wildman–Crippen MR) is 53.0 cm³/mol. The Morgan fingerprint density at radius 2 is 2.07 bits per heavy atom. The molecule has 0 aromatic carbocycles. The van der Waals surface area contributed by atoms with Gasteiger partial charge in [0.25, 0.3) is 5.91 Å². The van der Waals surface area contributed by atoms with E-state index in [0.29, 0.717) is 19.3 Å². The first-order valence-electron chi connectivity index (χ1n) is 4.73. The lowest BCUT2D eigenvalue weighted by Gasteiger charge is -2.35. The highest BCUT2D eigenvalue weighted by molar-refractivity contribution is 7.90. The molecule has 14 heavy (non-hydrogen) atoms. The summed E-state index contributed by atoms with van der Waals surface area (Å²) in [4.78, 5) is 11.4. The van der Waals surface area contributed by atoms with Crippen molar-refractivity contribution in [2.24, 2.45) is 5.73 Å². The zero-order chi connectivity index (χ0) is 10.8. The van der Waals surface area contributed by atoms with E-state index in [9.17, 15) is 13.2 Å². The molecule has 1 aliphatic rings. The fourth-order valence-corrected chi connectivity index (χ4v) is 2.47. The van der Waals surface area contributed by atoms with E-state index in [0.717, 1.165) is 6.42 Å². The maximum Gasteiger partial charge on any atom is 0.253 e. The molecule has 1 fully saturated rings. The van der Waals surface area contributed by atoms with Crippen molar-refractivity contribution >= 4 is 15.9 Å². The van der Waals surface area contributed by atoms with Gasteiger partial charge in [-0.2, -0.15) is 0 Å². The third-order valence-corrected chi connectivity index (χ3v) is 3.86. The Kier molecular flexibility index (Phi) is 3.16. The quantitative estimate of drug-likeness (QED) is 0.682. The highest BCUT2D eigenvalue weighted by atomic mass is 32.2. The normalized spacial score (nSPS) is 19.9. The van der Waals surface area contributed by atoms with E-state index >= 15 is 0 Å². The van der Waals surface area contributed by atoms with E-state index in [1.165, 1.54) is 0 Å². The van der Waals surface area contributed by atoms with Crippen LogP contribution in [-0.2, 0) is 14.8 Å². The van der Waals surface area contributed by atoms with Crippen molar-refractivity contribution in [1.29, 1.82) is 0 Å². The minimum absolute atomic E-state index is 0.0329. The highest BCUT2D eigenvalue weighted by Gasteiger charge is 2.41. The molecule has 1 rings (SSSR count). The van der Waals surface area contributed by atoms with E-state index in [4.69, 9.17) is 5.73 Å². The van der Waals surface area contributed by atoms with Crippen LogP contribution in [0.4, 0.5) is 0 Å². The Balaban J connectivity index is 2.56. The molecule has 1 aliphatic carbocycles. The molecule has 0 heterocycles. The molecule has 6 heteroatoms. The van der Waals surface area contributed by atoms with Gasteiger partial charge >= 0.3 is 0 Å². The standard InChI is InChI=1S/C8H16N2O3S/c1-2-6-14(12,13)10-7(11)8(9)4-3-5-8/h2-6,9H2,1H3,(H,10,11). The molecule has 0 radical (unpaired) electrons. The zero-order valence-electron chi connectivity index (χ0n) is 8.25. The molecule has 0 bridgehead atoms. The van der Waals surface area contributed by atoms with Crippen molar-refractivity contribution in [3.63, 3.8) is 0 Å². The molecule has 0 atom stereocenters. The average Bonchev–Trinajstić information content (AvgIpc) is 1.98. The summed E-state index contributed by atoms with van der Waals surface area (Å²) in [6.45, 7) is 1.74. The first-order chi connectivity index (χ1) is 6.40. The molecule has 0 aromatic rings. The van der Waals surface area contributed by atoms with Crippen LogP contribution in [0.3, 0.4) is 0 Å². The molecular formula is C8H16N2O3S. The summed E-state index contributed by atoms with van der Waals surface area (Å²) in [5.41, 5.74) is 4.73. The van der Waals surface area contributed by atoms with E-state index in [1.807, 2.05) is 4.72 Å². The molecule has 0 aromatic heterocycles. The summed E-state index contributed by atoms with van der Waals surface area (Å²) < 4.78 is 24.5. The Morgan fingerprint density at radius 3 is 2.43 bits per heavy atom. The van der Waals surface area contributed by atoms with Gasteiger partial charge in [-0.25, -0.2) is 8.42 Å². The number of hydrogen-bond donors (Lipinski definition) is 2. The number of sulfonamides is 1. The Labute approximate surface area is 84.1 Å². The van der Waals surface area contributed by atoms with Crippen LogP contribution in [0, 0.1) is 0 Å². The molecule has 3 N–H and O–H groups in total. The van der Waals surface area contributed by atoms with Crippen LogP contribution in [0.5, 0.6) is 0 Å². The lowest BCUT2D eigenvalue weighted by atomic mass is 9.77. The Bertz CT molecular complexity index is 319. The fraction of sp³-hybridized carbons (Fsp3) is 0.875. The van der Waals surface area contributed by atoms with Crippen molar-refractivity contribution in [2.45, 2.75) is 38.1 Å². The van der Waals surface area contributed by atoms with Crippen LogP contribution in [0.2, 0.25) is 0 Å². The maximum atomic E-state index is 11.4. The number of carbonyl (C=O) groups is 1. The molecule has 0 unspecified atom stereocenters. The minimum Gasteiger partial charge on any atom is -0.317 e. The minimum atomic E-state index is -3.47. The van der Waals surface area contributed by atoms with Gasteiger partial charge in [0.1, 0.15) is 0 Å². The van der Waals surface area contributed by atoms with Gasteiger partial charge in [-0.3, -0.25) is 9.52 Å². The van der Waals surface area contributed by atoms with Crippen LogP contribution in [0.25, 0.3) is 0 Å². The third kappa shape index (κ3) is 2.45. The van der Waals surface area contributed by atoms with Gasteiger partial charge in [0.2, 0.25) is 10.0 Å². The van der Waals surface area contributed by atoms with Gasteiger partial charge in [0.15, 0.2) is 0 Å². The average molecular weight is 220 g/mol. The number of nitrogens with one attached hydrogen (secondary N) is 1. The maximum absolute atomic E-state index is 11.4. The van der Waals surface area contributed by atoms with Crippen molar-refractivity contribution in [1.82, 2.24) is 4.72 Å². The summed E-state index contributed by atoms with van der Waals surface area (Å²) in [5.74, 6) is -0.591. The van der Waals surface area contributed by atoms with Gasteiger partial charge in [-0.15, -0.1) is 0 Å². The molecular weight excluding hydrogens is 204 g/mol. The Morgan fingerprint density at radius 1 is 1.50 bits per heavy atom. The fourth-order valence-electron chi connectivity index (χ4n) is 1.35. The molecule has 0 saturated heterocycles. The van der Waals surface area contributed by atoms with E-state index in [-0.39, 0.29) is 5.75 Å². The van der Waals surface area contributed by atoms with Crippen LogP contribution in [-0.4, -0.2) is 25.6 Å². The monoisotopic (exact) mass is 220 g/mol. The largest absolute Gasteiger partial charge is 0.317 e. The third-order valence-electron chi connectivity index (χ3n) is 2.42. The summed E-state index contributed by atoms with van der Waals surface area (Å²) in [6.07, 6.45) is 2.51. The summed E-state index contributed by atoms with van der Waals surface area (Å²) in [6, 6.07) is 0. The van der Waals surface area contributed by atoms with E-state index in [1.54, 1.807) is 6.92 Å². The first kappa shape index (κ1) is 11.5. The van der Waals surface area contributed by atoms with Crippen LogP contribution >= 0.6 is 0 Å². The van der Waals surface area contributed by atoms with Crippen LogP contribution in [0.15, 0.2) is 0 Å². The van der Waals surface area contributed by atoms with Gasteiger partial charge < -0.3 is 5.73 Å². The summed E-state index contributed by atoms with van der Waals surface area (Å²) in [7, 11) is -3.47. The van der Waals surface area contributed by atoms with Gasteiger partial charge in [0.05, 0.1) is 11.3 Å². The Hall–Kier alpha value is -0.620. The van der Waals surface area contributed by atoms with Gasteiger partial charge in [-0.1, -0.05) is 6.92 Å². The number of amides is 1. The lowest BCUT2D eigenvalue weighted by Crippen LogP contribution is -2.59. The second-order valence-electron chi connectivity index (χ2n) is 3.76. The number of hydrogen-bond acceptors (Lipinski definition) is 4. The predicted octanol–water partition coefficient (Wildman–Crippen LogP) is -0.276. The molecule has 5 nitrogen and oxygen atoms in total. The van der Waals surface area contributed by atoms with Crippen molar-refractivity contribution < 1.29 is 13.2 Å². The molecule has 0 aliphatic heterocycles. The lowest BCUT2D eigenvalue weighted by molar-refractivity contribution is -0.127. The van der Waals surface area contributed by atoms with Gasteiger partial charge in [-0.05, 0) is 25.7 Å². The van der Waals surface area contributed by atoms with Crippen molar-refractivity contribution in [2.75, 3.05) is 5.75 Å². The van der Waals surface area contributed by atoms with E-state index < -0.39 is 21.5 Å². The summed E-state index contributed by atoms with van der Waals surface area (Å²) in [5, 5.41) is 0. The number of nitrogens with two attached hydrogens (primary N) is 1. The SMILES string of the molecule is CCCS(=O)(=O)NC(=O)C1(N)CCC1. The topological polar surface area (TPSA) is 89.3 Å². The van der Waals surface area contributed by atoms with E-state index in [2.05, 4.69) is 0 Å². The van der Waals surface area contributed by atoms with Crippen LogP contribution in [0.1, 0.15) is 32.6 Å². The highest BCUT2D eigenvalue weighted by Crippen LogP contribution is 2.29. The molecule has 1 amide bonds. The number of rotatable bonds is 4.